The normalized spacial score (nSPS) is 16.4. The molecule has 7 heteroatoms. The van der Waals surface area contributed by atoms with Gasteiger partial charge in [0.05, 0.1) is 16.2 Å². The number of anilines is 2. The van der Waals surface area contributed by atoms with Crippen LogP contribution in [0.2, 0.25) is 0 Å². The zero-order valence-electron chi connectivity index (χ0n) is 13.7. The quantitative estimate of drug-likeness (QED) is 0.693. The van der Waals surface area contributed by atoms with Crippen LogP contribution in [0.1, 0.15) is 22.1 Å². The Morgan fingerprint density at radius 1 is 1.21 bits per heavy atom. The van der Waals surface area contributed by atoms with Crippen LogP contribution in [0.4, 0.5) is 17.1 Å². The van der Waals surface area contributed by atoms with Crippen LogP contribution in [0.3, 0.4) is 0 Å². The number of nitrogens with zero attached hydrogens (tertiary/aromatic N) is 3. The fraction of sp³-hybridized carbons (Fsp3) is 0.235. The molecule has 0 fully saturated rings. The standard InChI is InChI=1S/C17H18N4O3/c1-19(2)14-9-8-11(10-15(14)21(23)24)16-18-17(22)12-6-4-5-7-13(12)20(16)3/h4-10,16H,1-3H3,(H,18,22)/t16-/m0/s1. The molecule has 0 saturated carbocycles. The maximum atomic E-state index is 12.3. The van der Waals surface area contributed by atoms with Gasteiger partial charge in [-0.2, -0.15) is 0 Å². The molecule has 0 unspecified atom stereocenters. The van der Waals surface area contributed by atoms with Crippen LogP contribution in [-0.2, 0) is 0 Å². The molecule has 2 aromatic rings. The molecular weight excluding hydrogens is 308 g/mol. The molecule has 0 aliphatic carbocycles. The zero-order valence-corrected chi connectivity index (χ0v) is 13.7. The predicted molar refractivity (Wildman–Crippen MR) is 92.5 cm³/mol. The third-order valence-corrected chi connectivity index (χ3v) is 4.18. The lowest BCUT2D eigenvalue weighted by Crippen LogP contribution is -2.44. The number of nitro groups is 1. The summed E-state index contributed by atoms with van der Waals surface area (Å²) in [7, 11) is 5.37. The first-order valence-corrected chi connectivity index (χ1v) is 7.48. The number of rotatable bonds is 3. The second-order valence-electron chi connectivity index (χ2n) is 5.90. The van der Waals surface area contributed by atoms with Crippen molar-refractivity contribution in [1.82, 2.24) is 5.32 Å². The lowest BCUT2D eigenvalue weighted by Gasteiger charge is -2.36. The van der Waals surface area contributed by atoms with Crippen LogP contribution in [0.5, 0.6) is 0 Å². The molecule has 24 heavy (non-hydrogen) atoms. The first kappa shape index (κ1) is 15.8. The summed E-state index contributed by atoms with van der Waals surface area (Å²) in [4.78, 5) is 26.9. The van der Waals surface area contributed by atoms with Gasteiger partial charge in [-0.05, 0) is 18.2 Å². The van der Waals surface area contributed by atoms with Gasteiger partial charge in [-0.25, -0.2) is 0 Å². The molecule has 7 nitrogen and oxygen atoms in total. The molecule has 0 bridgehead atoms. The number of benzene rings is 2. The molecular formula is C17H18N4O3. The topological polar surface area (TPSA) is 78.7 Å². The van der Waals surface area contributed by atoms with E-state index in [4.69, 9.17) is 0 Å². The molecule has 1 amide bonds. The van der Waals surface area contributed by atoms with Crippen molar-refractivity contribution in [3.05, 3.63) is 63.7 Å². The fourth-order valence-corrected chi connectivity index (χ4v) is 2.95. The van der Waals surface area contributed by atoms with Crippen molar-refractivity contribution in [2.75, 3.05) is 30.9 Å². The number of fused-ring (bicyclic) bond motifs is 1. The summed E-state index contributed by atoms with van der Waals surface area (Å²) in [5.74, 6) is -0.187. The molecule has 1 aliphatic rings. The summed E-state index contributed by atoms with van der Waals surface area (Å²) in [6.07, 6.45) is -0.456. The minimum absolute atomic E-state index is 0.0130. The van der Waals surface area contributed by atoms with E-state index in [2.05, 4.69) is 5.32 Å². The van der Waals surface area contributed by atoms with Gasteiger partial charge < -0.3 is 15.1 Å². The Morgan fingerprint density at radius 3 is 2.58 bits per heavy atom. The van der Waals surface area contributed by atoms with Crippen molar-refractivity contribution in [2.45, 2.75) is 6.17 Å². The van der Waals surface area contributed by atoms with Gasteiger partial charge in [0.25, 0.3) is 11.6 Å². The Balaban J connectivity index is 2.05. The van der Waals surface area contributed by atoms with E-state index in [1.807, 2.05) is 30.1 Å². The van der Waals surface area contributed by atoms with Gasteiger partial charge in [0.15, 0.2) is 0 Å². The monoisotopic (exact) mass is 326 g/mol. The summed E-state index contributed by atoms with van der Waals surface area (Å²) in [6.45, 7) is 0. The SMILES string of the molecule is CN(C)c1ccc([C@H]2NC(=O)c3ccccc3N2C)cc1[N+](=O)[O-]. The number of carbonyl (C=O) groups is 1. The molecule has 1 atom stereocenters. The Labute approximate surface area is 139 Å². The number of amides is 1. The third kappa shape index (κ3) is 2.54. The van der Waals surface area contributed by atoms with E-state index >= 15 is 0 Å². The number of nitro benzene ring substituents is 1. The summed E-state index contributed by atoms with van der Waals surface area (Å²) in [6, 6.07) is 12.3. The smallest absolute Gasteiger partial charge is 0.292 e. The molecule has 124 valence electrons. The van der Waals surface area contributed by atoms with Gasteiger partial charge in [-0.1, -0.05) is 18.2 Å². The summed E-state index contributed by atoms with van der Waals surface area (Å²) >= 11 is 0. The molecule has 1 heterocycles. The highest BCUT2D eigenvalue weighted by Gasteiger charge is 2.30. The van der Waals surface area contributed by atoms with Gasteiger partial charge in [0.1, 0.15) is 11.9 Å². The van der Waals surface area contributed by atoms with Crippen molar-refractivity contribution >= 4 is 23.0 Å². The molecule has 0 spiro atoms. The number of para-hydroxylation sites is 1. The van der Waals surface area contributed by atoms with Crippen LogP contribution >= 0.6 is 0 Å². The van der Waals surface area contributed by atoms with Crippen LogP contribution in [0.25, 0.3) is 0 Å². The number of nitrogens with one attached hydrogen (secondary N) is 1. The lowest BCUT2D eigenvalue weighted by atomic mass is 10.0. The van der Waals surface area contributed by atoms with E-state index in [1.165, 1.54) is 6.07 Å². The van der Waals surface area contributed by atoms with Gasteiger partial charge >= 0.3 is 0 Å². The Kier molecular flexibility index (Phi) is 3.84. The average molecular weight is 326 g/mol. The fourth-order valence-electron chi connectivity index (χ4n) is 2.95. The number of carbonyl (C=O) groups excluding carboxylic acids is 1. The number of hydrogen-bond acceptors (Lipinski definition) is 5. The Morgan fingerprint density at radius 2 is 1.92 bits per heavy atom. The number of hydrogen-bond donors (Lipinski definition) is 1. The van der Waals surface area contributed by atoms with Crippen LogP contribution < -0.4 is 15.1 Å². The highest BCUT2D eigenvalue weighted by Crippen LogP contribution is 2.35. The minimum atomic E-state index is -0.456. The molecule has 0 saturated heterocycles. The second-order valence-corrected chi connectivity index (χ2v) is 5.90. The van der Waals surface area contributed by atoms with Gasteiger partial charge in [0.2, 0.25) is 0 Å². The van der Waals surface area contributed by atoms with E-state index in [1.54, 1.807) is 37.2 Å². The van der Waals surface area contributed by atoms with Crippen molar-refractivity contribution in [3.8, 4) is 0 Å². The average Bonchev–Trinajstić information content (AvgIpc) is 2.57. The highest BCUT2D eigenvalue weighted by atomic mass is 16.6. The summed E-state index contributed by atoms with van der Waals surface area (Å²) in [5, 5.41) is 14.3. The maximum absolute atomic E-state index is 12.3. The lowest BCUT2D eigenvalue weighted by molar-refractivity contribution is -0.384. The van der Waals surface area contributed by atoms with E-state index in [9.17, 15) is 14.9 Å². The highest BCUT2D eigenvalue weighted by molar-refractivity contribution is 6.02. The van der Waals surface area contributed by atoms with E-state index in [-0.39, 0.29) is 11.6 Å². The maximum Gasteiger partial charge on any atom is 0.292 e. The van der Waals surface area contributed by atoms with Crippen molar-refractivity contribution < 1.29 is 9.72 Å². The molecule has 1 aliphatic heterocycles. The summed E-state index contributed by atoms with van der Waals surface area (Å²) in [5.41, 5.74) is 2.59. The van der Waals surface area contributed by atoms with Gasteiger partial charge in [0, 0.05) is 32.8 Å². The van der Waals surface area contributed by atoms with Gasteiger partial charge in [-0.3, -0.25) is 14.9 Å². The van der Waals surface area contributed by atoms with Crippen molar-refractivity contribution in [1.29, 1.82) is 0 Å². The molecule has 0 aromatic heterocycles. The van der Waals surface area contributed by atoms with E-state index in [0.29, 0.717) is 16.8 Å². The first-order chi connectivity index (χ1) is 11.4. The largest absolute Gasteiger partial charge is 0.372 e. The van der Waals surface area contributed by atoms with E-state index in [0.717, 1.165) is 5.69 Å². The van der Waals surface area contributed by atoms with E-state index < -0.39 is 11.1 Å². The van der Waals surface area contributed by atoms with Crippen LogP contribution in [0.15, 0.2) is 42.5 Å². The molecule has 3 rings (SSSR count). The Hall–Kier alpha value is -3.09. The Bertz CT molecular complexity index is 819. The molecule has 2 aromatic carbocycles. The van der Waals surface area contributed by atoms with Crippen LogP contribution in [-0.4, -0.2) is 32.0 Å². The molecule has 1 N–H and O–H groups in total. The van der Waals surface area contributed by atoms with Crippen LogP contribution in [0, 0.1) is 10.1 Å². The summed E-state index contributed by atoms with van der Waals surface area (Å²) < 4.78 is 0. The van der Waals surface area contributed by atoms with Crippen molar-refractivity contribution in [2.24, 2.45) is 0 Å². The van der Waals surface area contributed by atoms with Gasteiger partial charge in [-0.15, -0.1) is 0 Å². The second kappa shape index (κ2) is 5.84. The predicted octanol–water partition coefficient (Wildman–Crippen LogP) is 2.54. The van der Waals surface area contributed by atoms with Crippen molar-refractivity contribution in [3.63, 3.8) is 0 Å². The molecule has 0 radical (unpaired) electrons. The minimum Gasteiger partial charge on any atom is -0.372 e. The zero-order chi connectivity index (χ0) is 17.4. The first-order valence-electron chi connectivity index (χ1n) is 7.48. The third-order valence-electron chi connectivity index (χ3n) is 4.18.